The minimum atomic E-state index is -0.0718. The van der Waals surface area contributed by atoms with Gasteiger partial charge in [-0.15, -0.1) is 0 Å². The van der Waals surface area contributed by atoms with Gasteiger partial charge in [0, 0.05) is 22.2 Å². The van der Waals surface area contributed by atoms with Crippen LogP contribution < -0.4 is 5.43 Å². The first-order valence-electron chi connectivity index (χ1n) is 11.1. The molecule has 6 nitrogen and oxygen atoms in total. The second kappa shape index (κ2) is 6.98. The maximum absolute atomic E-state index is 13.4. The van der Waals surface area contributed by atoms with Crippen molar-refractivity contribution < 1.29 is 4.42 Å². The van der Waals surface area contributed by atoms with Crippen LogP contribution in [0.3, 0.4) is 0 Å². The second-order valence-electron chi connectivity index (χ2n) is 8.69. The van der Waals surface area contributed by atoms with Crippen LogP contribution in [0.1, 0.15) is 16.8 Å². The van der Waals surface area contributed by atoms with Crippen LogP contribution in [-0.2, 0) is 12.8 Å². The molecule has 1 aliphatic carbocycles. The molecule has 0 N–H and O–H groups in total. The standard InChI is InChI=1S/C27H17ClN4O2/c1-14-2-7-24-19(10-14)26(33)20-12-18-21(31-27(20)34-24)6-3-15-13-30-32(25(15)18)23-8-9-29-22-11-16(28)4-5-17(22)23/h2,4-5,7-13H,3,6H2,1H3. The lowest BCUT2D eigenvalue weighted by atomic mass is 9.93. The first-order chi connectivity index (χ1) is 16.6. The molecule has 0 aliphatic heterocycles. The number of hydrogen-bond donors (Lipinski definition) is 0. The lowest BCUT2D eigenvalue weighted by molar-refractivity contribution is 0.641. The van der Waals surface area contributed by atoms with Crippen LogP contribution in [-0.4, -0.2) is 19.7 Å². The van der Waals surface area contributed by atoms with Crippen molar-refractivity contribution in [2.75, 3.05) is 0 Å². The summed E-state index contributed by atoms with van der Waals surface area (Å²) in [7, 11) is 0. The molecule has 0 saturated heterocycles. The molecule has 4 heterocycles. The van der Waals surface area contributed by atoms with Gasteiger partial charge >= 0.3 is 0 Å². The van der Waals surface area contributed by atoms with Crippen LogP contribution in [0.25, 0.3) is 49.9 Å². The Hall–Kier alpha value is -4.03. The van der Waals surface area contributed by atoms with Crippen molar-refractivity contribution >= 4 is 44.6 Å². The van der Waals surface area contributed by atoms with Crippen molar-refractivity contribution in [1.29, 1.82) is 0 Å². The Balaban J connectivity index is 1.52. The number of benzene rings is 2. The summed E-state index contributed by atoms with van der Waals surface area (Å²) in [5.41, 5.74) is 7.43. The molecule has 0 atom stereocenters. The molecule has 0 radical (unpaired) electrons. The van der Waals surface area contributed by atoms with Gasteiger partial charge in [-0.2, -0.15) is 5.10 Å². The zero-order valence-corrected chi connectivity index (χ0v) is 18.9. The third kappa shape index (κ3) is 2.75. The molecule has 0 amide bonds. The quantitative estimate of drug-likeness (QED) is 0.287. The molecular formula is C27H17ClN4O2. The third-order valence-corrected chi connectivity index (χ3v) is 6.77. The van der Waals surface area contributed by atoms with E-state index < -0.39 is 0 Å². The lowest BCUT2D eigenvalue weighted by Crippen LogP contribution is -2.12. The van der Waals surface area contributed by atoms with Gasteiger partial charge in [-0.25, -0.2) is 9.67 Å². The molecule has 0 fully saturated rings. The first-order valence-corrected chi connectivity index (χ1v) is 11.4. The zero-order valence-electron chi connectivity index (χ0n) is 18.2. The fourth-order valence-electron chi connectivity index (χ4n) is 4.91. The molecule has 0 bridgehead atoms. The van der Waals surface area contributed by atoms with Gasteiger partial charge in [0.1, 0.15) is 5.58 Å². The van der Waals surface area contributed by atoms with Crippen LogP contribution in [0.15, 0.2) is 70.1 Å². The highest BCUT2D eigenvalue weighted by atomic mass is 35.5. The Morgan fingerprint density at radius 1 is 1.00 bits per heavy atom. The average molecular weight is 465 g/mol. The van der Waals surface area contributed by atoms with Crippen LogP contribution in [0, 0.1) is 6.92 Å². The van der Waals surface area contributed by atoms with Crippen molar-refractivity contribution in [2.45, 2.75) is 19.8 Å². The monoisotopic (exact) mass is 464 g/mol. The summed E-state index contributed by atoms with van der Waals surface area (Å²) in [6.07, 6.45) is 5.23. The fraction of sp³-hybridized carbons (Fsp3) is 0.111. The maximum Gasteiger partial charge on any atom is 0.230 e. The van der Waals surface area contributed by atoms with Gasteiger partial charge in [0.2, 0.25) is 11.1 Å². The minimum Gasteiger partial charge on any atom is -0.437 e. The molecular weight excluding hydrogens is 448 g/mol. The van der Waals surface area contributed by atoms with Gasteiger partial charge in [0.25, 0.3) is 0 Å². The van der Waals surface area contributed by atoms with Crippen LogP contribution >= 0.6 is 11.6 Å². The number of hydrogen-bond acceptors (Lipinski definition) is 5. The molecule has 6 aromatic rings. The fourth-order valence-corrected chi connectivity index (χ4v) is 5.07. The average Bonchev–Trinajstić information content (AvgIpc) is 3.28. The van der Waals surface area contributed by atoms with Crippen molar-refractivity contribution in [2.24, 2.45) is 0 Å². The van der Waals surface area contributed by atoms with Gasteiger partial charge in [0.05, 0.1) is 39.6 Å². The second-order valence-corrected chi connectivity index (χ2v) is 9.12. The number of aromatic nitrogens is 4. The summed E-state index contributed by atoms with van der Waals surface area (Å²) in [4.78, 5) is 22.7. The van der Waals surface area contributed by atoms with E-state index in [1.165, 1.54) is 0 Å². The van der Waals surface area contributed by atoms with Gasteiger partial charge in [-0.1, -0.05) is 23.2 Å². The smallest absolute Gasteiger partial charge is 0.230 e. The topological polar surface area (TPSA) is 73.8 Å². The summed E-state index contributed by atoms with van der Waals surface area (Å²) in [6.45, 7) is 1.96. The summed E-state index contributed by atoms with van der Waals surface area (Å²) in [5, 5.41) is 7.35. The van der Waals surface area contributed by atoms with E-state index in [-0.39, 0.29) is 5.43 Å². The normalized spacial score (nSPS) is 12.9. The van der Waals surface area contributed by atoms with Gasteiger partial charge in [-0.3, -0.25) is 9.78 Å². The summed E-state index contributed by atoms with van der Waals surface area (Å²) >= 11 is 6.19. The van der Waals surface area contributed by atoms with E-state index in [0.29, 0.717) is 27.1 Å². The summed E-state index contributed by atoms with van der Waals surface area (Å²) < 4.78 is 7.97. The third-order valence-electron chi connectivity index (χ3n) is 6.54. The maximum atomic E-state index is 13.4. The molecule has 0 spiro atoms. The lowest BCUT2D eigenvalue weighted by Gasteiger charge is -2.19. The number of rotatable bonds is 1. The Kier molecular flexibility index (Phi) is 3.99. The molecule has 0 saturated carbocycles. The van der Waals surface area contributed by atoms with Crippen molar-refractivity contribution in [3.63, 3.8) is 0 Å². The molecule has 4 aromatic heterocycles. The Morgan fingerprint density at radius 2 is 1.91 bits per heavy atom. The first kappa shape index (κ1) is 19.4. The predicted molar refractivity (Wildman–Crippen MR) is 133 cm³/mol. The number of fused-ring (bicyclic) bond motifs is 6. The molecule has 2 aromatic carbocycles. The van der Waals surface area contributed by atoms with Crippen LogP contribution in [0.2, 0.25) is 5.02 Å². The van der Waals surface area contributed by atoms with E-state index in [9.17, 15) is 4.79 Å². The Bertz CT molecular complexity index is 1870. The minimum absolute atomic E-state index is 0.0718. The van der Waals surface area contributed by atoms with Crippen LogP contribution in [0.4, 0.5) is 0 Å². The number of halogens is 1. The van der Waals surface area contributed by atoms with Gasteiger partial charge in [-0.05, 0) is 67.8 Å². The highest BCUT2D eigenvalue weighted by molar-refractivity contribution is 6.31. The van der Waals surface area contributed by atoms with E-state index in [4.69, 9.17) is 26.1 Å². The molecule has 7 rings (SSSR count). The van der Waals surface area contributed by atoms with Crippen LogP contribution in [0.5, 0.6) is 0 Å². The highest BCUT2D eigenvalue weighted by Gasteiger charge is 2.25. The SMILES string of the molecule is Cc1ccc2oc3nc4c(cc3c(=O)c2c1)-c1c(cnn1-c1ccnc2cc(Cl)ccc12)CC4. The van der Waals surface area contributed by atoms with Crippen molar-refractivity contribution in [1.82, 2.24) is 19.7 Å². The highest BCUT2D eigenvalue weighted by Crippen LogP contribution is 2.37. The summed E-state index contributed by atoms with van der Waals surface area (Å²) in [5.74, 6) is 0. The number of aryl methyl sites for hydroxylation is 3. The molecule has 164 valence electrons. The Morgan fingerprint density at radius 3 is 2.82 bits per heavy atom. The van der Waals surface area contributed by atoms with Gasteiger partial charge in [0.15, 0.2) is 0 Å². The molecule has 7 heteroatoms. The van der Waals surface area contributed by atoms with E-state index in [2.05, 4.69) is 4.98 Å². The van der Waals surface area contributed by atoms with E-state index in [0.717, 1.165) is 57.5 Å². The Labute approximate surface area is 198 Å². The summed E-state index contributed by atoms with van der Waals surface area (Å²) in [6, 6.07) is 15.2. The number of pyridine rings is 2. The zero-order chi connectivity index (χ0) is 23.0. The number of nitrogens with zero attached hydrogens (tertiary/aromatic N) is 4. The van der Waals surface area contributed by atoms with E-state index in [1.54, 1.807) is 6.20 Å². The van der Waals surface area contributed by atoms with E-state index in [1.807, 2.05) is 66.3 Å². The van der Waals surface area contributed by atoms with Crippen molar-refractivity contribution in [3.05, 3.63) is 93.0 Å². The predicted octanol–water partition coefficient (Wildman–Crippen LogP) is 5.80. The largest absolute Gasteiger partial charge is 0.437 e. The molecule has 0 unspecified atom stereocenters. The van der Waals surface area contributed by atoms with Crippen molar-refractivity contribution in [3.8, 4) is 16.9 Å². The van der Waals surface area contributed by atoms with Gasteiger partial charge < -0.3 is 4.42 Å². The molecule has 34 heavy (non-hydrogen) atoms. The van der Waals surface area contributed by atoms with E-state index >= 15 is 0 Å². The molecule has 1 aliphatic rings.